The van der Waals surface area contributed by atoms with E-state index in [1.807, 2.05) is 11.8 Å². The number of amides is 1. The first-order valence-electron chi connectivity index (χ1n) is 9.05. The number of nitrogens with zero attached hydrogens (tertiary/aromatic N) is 2. The van der Waals surface area contributed by atoms with Gasteiger partial charge in [0.15, 0.2) is 0 Å². The molecule has 2 bridgehead atoms. The van der Waals surface area contributed by atoms with Crippen molar-refractivity contribution in [1.82, 2.24) is 14.5 Å². The van der Waals surface area contributed by atoms with Gasteiger partial charge in [-0.15, -0.1) is 0 Å². The van der Waals surface area contributed by atoms with Crippen LogP contribution >= 0.6 is 0 Å². The van der Waals surface area contributed by atoms with Gasteiger partial charge in [0.25, 0.3) is 0 Å². The molecule has 23 heavy (non-hydrogen) atoms. The zero-order valence-corrected chi connectivity index (χ0v) is 14.9. The molecule has 3 fully saturated rings. The largest absolute Gasteiger partial charge is 0.340 e. The van der Waals surface area contributed by atoms with Crippen molar-refractivity contribution in [3.8, 4) is 0 Å². The molecule has 3 atom stereocenters. The molecular formula is C16H29N3O3S. The molecule has 0 spiro atoms. The third-order valence-corrected chi connectivity index (χ3v) is 7.47. The molecule has 0 radical (unpaired) electrons. The topological polar surface area (TPSA) is 69.7 Å². The Morgan fingerprint density at radius 1 is 1.09 bits per heavy atom. The summed E-state index contributed by atoms with van der Waals surface area (Å²) in [6.45, 7) is 3.85. The maximum absolute atomic E-state index is 13.0. The number of rotatable bonds is 4. The van der Waals surface area contributed by atoms with E-state index in [9.17, 15) is 13.2 Å². The highest BCUT2D eigenvalue weighted by atomic mass is 32.2. The summed E-state index contributed by atoms with van der Waals surface area (Å²) in [5.41, 5.74) is 0. The van der Waals surface area contributed by atoms with E-state index in [0.717, 1.165) is 38.8 Å². The molecule has 3 heterocycles. The quantitative estimate of drug-likeness (QED) is 0.825. The lowest BCUT2D eigenvalue weighted by Crippen LogP contribution is -2.54. The Morgan fingerprint density at radius 3 is 2.65 bits per heavy atom. The summed E-state index contributed by atoms with van der Waals surface area (Å²) in [5, 5.41) is 3.58. The smallest absolute Gasteiger partial charge is 0.241 e. The van der Waals surface area contributed by atoms with E-state index in [2.05, 4.69) is 5.32 Å². The van der Waals surface area contributed by atoms with Gasteiger partial charge in [0.2, 0.25) is 15.9 Å². The Morgan fingerprint density at radius 2 is 1.87 bits per heavy atom. The molecule has 3 aliphatic rings. The van der Waals surface area contributed by atoms with Crippen molar-refractivity contribution in [3.05, 3.63) is 0 Å². The zero-order valence-electron chi connectivity index (χ0n) is 14.0. The molecule has 0 aromatic carbocycles. The predicted octanol–water partition coefficient (Wildman–Crippen LogP) is 0.934. The van der Waals surface area contributed by atoms with Crippen molar-refractivity contribution in [3.63, 3.8) is 0 Å². The first-order valence-corrected chi connectivity index (χ1v) is 10.7. The molecule has 1 N–H and O–H groups in total. The molecule has 0 saturated carbocycles. The van der Waals surface area contributed by atoms with Gasteiger partial charge in [-0.05, 0) is 38.5 Å². The van der Waals surface area contributed by atoms with E-state index in [4.69, 9.17) is 0 Å². The zero-order chi connectivity index (χ0) is 16.4. The minimum atomic E-state index is -3.32. The second-order valence-corrected chi connectivity index (χ2v) is 9.19. The summed E-state index contributed by atoms with van der Waals surface area (Å²) in [4.78, 5) is 15.0. The Balaban J connectivity index is 1.73. The minimum Gasteiger partial charge on any atom is -0.340 e. The summed E-state index contributed by atoms with van der Waals surface area (Å²) in [6, 6.07) is 0.441. The van der Waals surface area contributed by atoms with Gasteiger partial charge in [0, 0.05) is 31.7 Å². The van der Waals surface area contributed by atoms with Crippen molar-refractivity contribution < 1.29 is 13.2 Å². The van der Waals surface area contributed by atoms with Gasteiger partial charge >= 0.3 is 0 Å². The number of likely N-dealkylation sites (tertiary alicyclic amines) is 1. The second kappa shape index (κ2) is 7.07. The SMILES string of the molecule is CCCS(=O)(=O)N1CCCCC1C(=O)N1CCC2CCC(C1)N2. The first kappa shape index (κ1) is 17.2. The fourth-order valence-electron chi connectivity index (χ4n) is 4.21. The summed E-state index contributed by atoms with van der Waals surface area (Å²) in [7, 11) is -3.32. The van der Waals surface area contributed by atoms with Crippen LogP contribution in [-0.4, -0.2) is 67.0 Å². The lowest BCUT2D eigenvalue weighted by atomic mass is 10.0. The lowest BCUT2D eigenvalue weighted by molar-refractivity contribution is -0.136. The molecule has 132 valence electrons. The maximum atomic E-state index is 13.0. The number of fused-ring (bicyclic) bond motifs is 2. The van der Waals surface area contributed by atoms with Crippen LogP contribution in [0.5, 0.6) is 0 Å². The van der Waals surface area contributed by atoms with Gasteiger partial charge in [0.1, 0.15) is 6.04 Å². The van der Waals surface area contributed by atoms with E-state index in [1.165, 1.54) is 10.7 Å². The number of sulfonamides is 1. The number of hydrogen-bond acceptors (Lipinski definition) is 4. The van der Waals surface area contributed by atoms with Crippen LogP contribution in [0.3, 0.4) is 0 Å². The van der Waals surface area contributed by atoms with Gasteiger partial charge in [0.05, 0.1) is 5.75 Å². The molecular weight excluding hydrogens is 314 g/mol. The number of hydrogen-bond donors (Lipinski definition) is 1. The summed E-state index contributed by atoms with van der Waals surface area (Å²) < 4.78 is 26.5. The van der Waals surface area contributed by atoms with Gasteiger partial charge in [-0.3, -0.25) is 4.79 Å². The van der Waals surface area contributed by atoms with Crippen LogP contribution in [0.1, 0.15) is 51.9 Å². The molecule has 3 saturated heterocycles. The van der Waals surface area contributed by atoms with Crippen LogP contribution in [-0.2, 0) is 14.8 Å². The van der Waals surface area contributed by atoms with Crippen molar-refractivity contribution in [2.75, 3.05) is 25.4 Å². The van der Waals surface area contributed by atoms with E-state index in [0.29, 0.717) is 31.5 Å². The summed E-state index contributed by atoms with van der Waals surface area (Å²) in [5.74, 6) is 0.168. The Bertz CT molecular complexity index is 537. The standard InChI is InChI=1S/C16H29N3O3S/c1-2-11-23(21,22)19-9-4-3-5-15(19)16(20)18-10-8-13-6-7-14(12-18)17-13/h13-15,17H,2-12H2,1H3. The van der Waals surface area contributed by atoms with Crippen molar-refractivity contribution >= 4 is 15.9 Å². The van der Waals surface area contributed by atoms with Crippen LogP contribution in [0.2, 0.25) is 0 Å². The fourth-order valence-corrected chi connectivity index (χ4v) is 5.95. The van der Waals surface area contributed by atoms with Crippen molar-refractivity contribution in [2.24, 2.45) is 0 Å². The van der Waals surface area contributed by atoms with Crippen LogP contribution in [0.15, 0.2) is 0 Å². The highest BCUT2D eigenvalue weighted by Gasteiger charge is 2.40. The van der Waals surface area contributed by atoms with E-state index in [-0.39, 0.29) is 11.7 Å². The molecule has 6 nitrogen and oxygen atoms in total. The monoisotopic (exact) mass is 343 g/mol. The number of carbonyl (C=O) groups excluding carboxylic acids is 1. The highest BCUT2D eigenvalue weighted by Crippen LogP contribution is 2.26. The minimum absolute atomic E-state index is 0.0266. The summed E-state index contributed by atoms with van der Waals surface area (Å²) in [6.07, 6.45) is 6.36. The average molecular weight is 343 g/mol. The van der Waals surface area contributed by atoms with E-state index in [1.54, 1.807) is 0 Å². The average Bonchev–Trinajstić information content (AvgIpc) is 2.86. The Kier molecular flexibility index (Phi) is 5.28. The predicted molar refractivity (Wildman–Crippen MR) is 89.6 cm³/mol. The normalized spacial score (nSPS) is 32.7. The van der Waals surface area contributed by atoms with E-state index >= 15 is 0 Å². The number of carbonyl (C=O) groups is 1. The van der Waals surface area contributed by atoms with Gasteiger partial charge in [-0.25, -0.2) is 8.42 Å². The molecule has 7 heteroatoms. The second-order valence-electron chi connectivity index (χ2n) is 7.15. The molecule has 3 aliphatic heterocycles. The fraction of sp³-hybridized carbons (Fsp3) is 0.938. The third kappa shape index (κ3) is 3.72. The number of piperidine rings is 1. The van der Waals surface area contributed by atoms with Crippen LogP contribution in [0.25, 0.3) is 0 Å². The first-order chi connectivity index (χ1) is 11.0. The van der Waals surface area contributed by atoms with Crippen LogP contribution in [0, 0.1) is 0 Å². The third-order valence-electron chi connectivity index (χ3n) is 5.39. The van der Waals surface area contributed by atoms with Gasteiger partial charge in [-0.1, -0.05) is 13.3 Å². The Hall–Kier alpha value is -0.660. The Labute approximate surface area is 139 Å². The number of nitrogens with one attached hydrogen (secondary N) is 1. The van der Waals surface area contributed by atoms with Gasteiger partial charge in [-0.2, -0.15) is 4.31 Å². The lowest BCUT2D eigenvalue weighted by Gasteiger charge is -2.37. The highest BCUT2D eigenvalue weighted by molar-refractivity contribution is 7.89. The molecule has 0 aromatic rings. The van der Waals surface area contributed by atoms with Crippen molar-refractivity contribution in [1.29, 1.82) is 0 Å². The maximum Gasteiger partial charge on any atom is 0.241 e. The molecule has 0 aromatic heterocycles. The summed E-state index contributed by atoms with van der Waals surface area (Å²) >= 11 is 0. The van der Waals surface area contributed by atoms with Crippen molar-refractivity contribution in [2.45, 2.75) is 70.0 Å². The van der Waals surface area contributed by atoms with E-state index < -0.39 is 16.1 Å². The van der Waals surface area contributed by atoms with Gasteiger partial charge < -0.3 is 10.2 Å². The van der Waals surface area contributed by atoms with Crippen LogP contribution in [0.4, 0.5) is 0 Å². The molecule has 0 aliphatic carbocycles. The molecule has 3 unspecified atom stereocenters. The molecule has 1 amide bonds. The molecule has 3 rings (SSSR count). The van der Waals surface area contributed by atoms with Crippen LogP contribution < -0.4 is 5.32 Å².